The van der Waals surface area contributed by atoms with E-state index >= 15 is 0 Å². The maximum atomic E-state index is 5.53. The summed E-state index contributed by atoms with van der Waals surface area (Å²) >= 11 is 1.94. The Balaban J connectivity index is 0.00000364. The van der Waals surface area contributed by atoms with Crippen molar-refractivity contribution in [3.63, 3.8) is 0 Å². The fourth-order valence-corrected chi connectivity index (χ4v) is 4.05. The molecule has 4 nitrogen and oxygen atoms in total. The number of hydrogen-bond acceptors (Lipinski definition) is 3. The summed E-state index contributed by atoms with van der Waals surface area (Å²) in [5.74, 6) is 0.878. The molecule has 0 spiro atoms. The van der Waals surface area contributed by atoms with Gasteiger partial charge in [-0.15, -0.1) is 24.0 Å². The topological polar surface area (TPSA) is 45.7 Å². The van der Waals surface area contributed by atoms with Crippen molar-refractivity contribution >= 4 is 41.7 Å². The second-order valence-corrected chi connectivity index (χ2v) is 8.99. The zero-order valence-corrected chi connectivity index (χ0v) is 20.6. The summed E-state index contributed by atoms with van der Waals surface area (Å²) in [6, 6.07) is 8.97. The molecule has 0 bridgehead atoms. The van der Waals surface area contributed by atoms with E-state index in [1.165, 1.54) is 11.1 Å². The molecular formula is C21H36IN3OS. The van der Waals surface area contributed by atoms with Gasteiger partial charge in [-0.3, -0.25) is 4.99 Å². The number of rotatable bonds is 7. The number of benzene rings is 1. The first kappa shape index (κ1) is 24.6. The first-order valence-electron chi connectivity index (χ1n) is 9.61. The number of nitrogens with one attached hydrogen (secondary N) is 2. The number of aliphatic imine (C=N–C) groups is 1. The van der Waals surface area contributed by atoms with Crippen molar-refractivity contribution in [2.75, 3.05) is 39.6 Å². The van der Waals surface area contributed by atoms with Gasteiger partial charge in [0, 0.05) is 43.5 Å². The third-order valence-electron chi connectivity index (χ3n) is 5.48. The first-order chi connectivity index (χ1) is 12.4. The van der Waals surface area contributed by atoms with Crippen LogP contribution in [0, 0.1) is 0 Å². The van der Waals surface area contributed by atoms with Gasteiger partial charge in [0.05, 0.1) is 0 Å². The van der Waals surface area contributed by atoms with Crippen molar-refractivity contribution in [2.24, 2.45) is 4.99 Å². The minimum Gasteiger partial charge on any atom is -0.381 e. The van der Waals surface area contributed by atoms with E-state index in [9.17, 15) is 0 Å². The number of thioether (sulfide) groups is 1. The van der Waals surface area contributed by atoms with Crippen LogP contribution in [0.4, 0.5) is 0 Å². The quantitative estimate of drug-likeness (QED) is 0.331. The molecule has 1 aliphatic heterocycles. The van der Waals surface area contributed by atoms with Gasteiger partial charge >= 0.3 is 0 Å². The first-order valence-corrected chi connectivity index (χ1v) is 10.8. The van der Waals surface area contributed by atoms with Gasteiger partial charge in [-0.1, -0.05) is 45.0 Å². The number of halogens is 1. The highest BCUT2D eigenvalue weighted by Crippen LogP contribution is 2.33. The zero-order valence-electron chi connectivity index (χ0n) is 17.4. The van der Waals surface area contributed by atoms with Gasteiger partial charge < -0.3 is 15.4 Å². The summed E-state index contributed by atoms with van der Waals surface area (Å²) in [6.45, 7) is 10.2. The molecule has 2 N–H and O–H groups in total. The van der Waals surface area contributed by atoms with Crippen LogP contribution in [0.3, 0.4) is 0 Å². The van der Waals surface area contributed by atoms with E-state index in [0.717, 1.165) is 51.5 Å². The lowest BCUT2D eigenvalue weighted by atomic mass is 9.84. The third kappa shape index (κ3) is 7.13. The summed E-state index contributed by atoms with van der Waals surface area (Å²) in [4.78, 5) is 4.42. The van der Waals surface area contributed by atoms with Gasteiger partial charge in [-0.2, -0.15) is 11.8 Å². The molecule has 0 aliphatic carbocycles. The Hall–Kier alpha value is -0.470. The number of hydrogen-bond donors (Lipinski definition) is 2. The Labute approximate surface area is 186 Å². The van der Waals surface area contributed by atoms with Crippen molar-refractivity contribution in [2.45, 2.75) is 50.2 Å². The van der Waals surface area contributed by atoms with Crippen LogP contribution in [-0.2, 0) is 16.6 Å². The summed E-state index contributed by atoms with van der Waals surface area (Å²) < 4.78 is 5.78. The van der Waals surface area contributed by atoms with Crippen molar-refractivity contribution in [1.29, 1.82) is 0 Å². The molecular weight excluding hydrogens is 469 g/mol. The molecule has 0 unspecified atom stereocenters. The average Bonchev–Trinajstić information content (AvgIpc) is 2.69. The van der Waals surface area contributed by atoms with Crippen LogP contribution in [0.25, 0.3) is 0 Å². The fourth-order valence-electron chi connectivity index (χ4n) is 3.26. The summed E-state index contributed by atoms with van der Waals surface area (Å²) in [5, 5.41) is 7.05. The Kier molecular flexibility index (Phi) is 10.5. The standard InChI is InChI=1S/C21H35N3OS.HI/c1-6-17-7-9-18(10-8-17)20(2,3)15-23-19(22-4)24-16-21(26-5)11-13-25-14-12-21;/h7-10H,6,11-16H2,1-5H3,(H2,22,23,24);1H. The van der Waals surface area contributed by atoms with Gasteiger partial charge in [0.15, 0.2) is 5.96 Å². The molecule has 27 heavy (non-hydrogen) atoms. The van der Waals surface area contributed by atoms with Crippen LogP contribution in [0.2, 0.25) is 0 Å². The smallest absolute Gasteiger partial charge is 0.191 e. The van der Waals surface area contributed by atoms with Crippen molar-refractivity contribution < 1.29 is 4.74 Å². The maximum Gasteiger partial charge on any atom is 0.191 e. The molecule has 1 aromatic rings. The predicted molar refractivity (Wildman–Crippen MR) is 130 cm³/mol. The van der Waals surface area contributed by atoms with Crippen molar-refractivity contribution in [1.82, 2.24) is 10.6 Å². The lowest BCUT2D eigenvalue weighted by Crippen LogP contribution is -2.49. The number of nitrogens with zero attached hydrogens (tertiary/aromatic N) is 1. The van der Waals surface area contributed by atoms with Crippen LogP contribution in [0.15, 0.2) is 29.3 Å². The normalized spacial score (nSPS) is 17.1. The predicted octanol–water partition coefficient (Wildman–Crippen LogP) is 4.22. The van der Waals surface area contributed by atoms with E-state index < -0.39 is 0 Å². The largest absolute Gasteiger partial charge is 0.381 e. The minimum atomic E-state index is 0. The van der Waals surface area contributed by atoms with Crippen LogP contribution < -0.4 is 10.6 Å². The summed E-state index contributed by atoms with van der Waals surface area (Å²) in [6.07, 6.45) is 5.46. The Morgan fingerprint density at radius 1 is 1.19 bits per heavy atom. The van der Waals surface area contributed by atoms with Gasteiger partial charge in [0.25, 0.3) is 0 Å². The molecule has 1 heterocycles. The summed E-state index contributed by atoms with van der Waals surface area (Å²) in [5.41, 5.74) is 2.77. The Morgan fingerprint density at radius 3 is 2.33 bits per heavy atom. The number of guanidine groups is 1. The molecule has 0 amide bonds. The molecule has 1 aliphatic rings. The highest BCUT2D eigenvalue weighted by atomic mass is 127. The van der Waals surface area contributed by atoms with Gasteiger partial charge in [0.1, 0.15) is 0 Å². The van der Waals surface area contributed by atoms with Gasteiger partial charge in [0.2, 0.25) is 0 Å². The van der Waals surface area contributed by atoms with E-state index in [0.29, 0.717) is 0 Å². The lowest BCUT2D eigenvalue weighted by molar-refractivity contribution is 0.0783. The second kappa shape index (κ2) is 11.5. The monoisotopic (exact) mass is 505 g/mol. The van der Waals surface area contributed by atoms with Gasteiger partial charge in [-0.05, 0) is 36.6 Å². The van der Waals surface area contributed by atoms with E-state index in [1.54, 1.807) is 0 Å². The molecule has 0 aromatic heterocycles. The van der Waals surface area contributed by atoms with Gasteiger partial charge in [-0.25, -0.2) is 0 Å². The van der Waals surface area contributed by atoms with Crippen LogP contribution in [0.1, 0.15) is 44.7 Å². The average molecular weight is 506 g/mol. The zero-order chi connectivity index (χ0) is 19.0. The van der Waals surface area contributed by atoms with Crippen molar-refractivity contribution in [3.05, 3.63) is 35.4 Å². The third-order valence-corrected chi connectivity index (χ3v) is 6.90. The molecule has 0 atom stereocenters. The maximum absolute atomic E-state index is 5.53. The lowest BCUT2D eigenvalue weighted by Gasteiger charge is -2.36. The molecule has 2 rings (SSSR count). The van der Waals surface area contributed by atoms with E-state index in [2.05, 4.69) is 66.9 Å². The highest BCUT2D eigenvalue weighted by Gasteiger charge is 2.32. The number of aryl methyl sites for hydroxylation is 1. The van der Waals surface area contributed by atoms with Crippen LogP contribution in [-0.4, -0.2) is 50.3 Å². The molecule has 154 valence electrons. The molecule has 1 fully saturated rings. The molecule has 6 heteroatoms. The van der Waals surface area contributed by atoms with Crippen molar-refractivity contribution in [3.8, 4) is 0 Å². The number of ether oxygens (including phenoxy) is 1. The highest BCUT2D eigenvalue weighted by molar-refractivity contribution is 14.0. The fraction of sp³-hybridized carbons (Fsp3) is 0.667. The molecule has 1 saturated heterocycles. The Bertz CT molecular complexity index is 584. The van der Waals surface area contributed by atoms with Crippen LogP contribution in [0.5, 0.6) is 0 Å². The van der Waals surface area contributed by atoms with E-state index in [4.69, 9.17) is 4.74 Å². The molecule has 1 aromatic carbocycles. The summed E-state index contributed by atoms with van der Waals surface area (Å²) in [7, 11) is 1.84. The molecule has 0 saturated carbocycles. The van der Waals surface area contributed by atoms with E-state index in [1.807, 2.05) is 18.8 Å². The Morgan fingerprint density at radius 2 is 1.81 bits per heavy atom. The van der Waals surface area contributed by atoms with E-state index in [-0.39, 0.29) is 34.1 Å². The second-order valence-electron chi connectivity index (χ2n) is 7.71. The molecule has 0 radical (unpaired) electrons. The minimum absolute atomic E-state index is 0. The van der Waals surface area contributed by atoms with Crippen LogP contribution >= 0.6 is 35.7 Å². The SMILES string of the molecule is CCc1ccc(C(C)(C)CNC(=NC)NCC2(SC)CCOCC2)cc1.I.